The van der Waals surface area contributed by atoms with Gasteiger partial charge in [-0.05, 0) is 37.4 Å². The Balaban J connectivity index is 1.32. The van der Waals surface area contributed by atoms with Gasteiger partial charge in [-0.2, -0.15) is 0 Å². The molecule has 4 heteroatoms. The molecule has 0 bridgehead atoms. The molecule has 0 saturated carbocycles. The van der Waals surface area contributed by atoms with E-state index < -0.39 is 0 Å². The molecule has 1 atom stereocenters. The van der Waals surface area contributed by atoms with Crippen LogP contribution in [-0.4, -0.2) is 28.1 Å². The van der Waals surface area contributed by atoms with Crippen LogP contribution in [0.2, 0.25) is 0 Å². The van der Waals surface area contributed by atoms with Gasteiger partial charge >= 0.3 is 0 Å². The molecule has 0 radical (unpaired) electrons. The molecular weight excluding hydrogens is 324 g/mol. The van der Waals surface area contributed by atoms with Crippen LogP contribution in [0, 0.1) is 5.92 Å². The molecule has 1 N–H and O–H groups in total. The van der Waals surface area contributed by atoms with Crippen molar-refractivity contribution in [2.24, 2.45) is 5.92 Å². The van der Waals surface area contributed by atoms with Gasteiger partial charge in [-0.25, -0.2) is 4.98 Å². The van der Waals surface area contributed by atoms with E-state index in [1.807, 2.05) is 60.7 Å². The molecule has 0 aliphatic carbocycles. The highest BCUT2D eigenvalue weighted by atomic mass is 16.4. The first kappa shape index (κ1) is 17.0. The van der Waals surface area contributed by atoms with Crippen molar-refractivity contribution in [3.8, 4) is 11.3 Å². The van der Waals surface area contributed by atoms with Gasteiger partial charge in [-0.3, -0.25) is 4.90 Å². The number of aliphatic hydroxyl groups excluding tert-OH is 1. The van der Waals surface area contributed by atoms with E-state index in [4.69, 9.17) is 4.42 Å². The van der Waals surface area contributed by atoms with E-state index in [2.05, 4.69) is 9.88 Å². The van der Waals surface area contributed by atoms with Crippen LogP contribution in [0.5, 0.6) is 0 Å². The lowest BCUT2D eigenvalue weighted by Crippen LogP contribution is -2.35. The SMILES string of the molecule is OC(c1ccccc1)C1CCN(Cc2ncc(-c3ccccc3)o2)CC1. The van der Waals surface area contributed by atoms with Crippen LogP contribution in [0.25, 0.3) is 11.3 Å². The maximum atomic E-state index is 10.6. The minimum absolute atomic E-state index is 0.318. The van der Waals surface area contributed by atoms with E-state index in [-0.39, 0.29) is 6.10 Å². The molecule has 2 heterocycles. The summed E-state index contributed by atoms with van der Waals surface area (Å²) in [5.41, 5.74) is 2.07. The Morgan fingerprint density at radius 3 is 2.35 bits per heavy atom. The third kappa shape index (κ3) is 3.87. The molecule has 0 spiro atoms. The lowest BCUT2D eigenvalue weighted by molar-refractivity contribution is 0.0544. The summed E-state index contributed by atoms with van der Waals surface area (Å²) >= 11 is 0. The second-order valence-corrected chi connectivity index (χ2v) is 6.95. The molecule has 26 heavy (non-hydrogen) atoms. The molecule has 1 fully saturated rings. The number of piperidine rings is 1. The topological polar surface area (TPSA) is 49.5 Å². The number of hydrogen-bond donors (Lipinski definition) is 1. The number of rotatable bonds is 5. The Kier molecular flexibility index (Phi) is 5.14. The number of nitrogens with zero attached hydrogens (tertiary/aromatic N) is 2. The Morgan fingerprint density at radius 2 is 1.65 bits per heavy atom. The summed E-state index contributed by atoms with van der Waals surface area (Å²) in [7, 11) is 0. The fraction of sp³-hybridized carbons (Fsp3) is 0.318. The monoisotopic (exact) mass is 348 g/mol. The Labute approximate surface area is 154 Å². The summed E-state index contributed by atoms with van der Waals surface area (Å²) in [6.07, 6.45) is 3.41. The minimum atomic E-state index is -0.371. The van der Waals surface area contributed by atoms with Crippen LogP contribution in [0.4, 0.5) is 0 Å². The standard InChI is InChI=1S/C22H24N2O2/c25-22(18-9-5-2-6-10-18)19-11-13-24(14-12-19)16-21-23-15-20(26-21)17-7-3-1-4-8-17/h1-10,15,19,22,25H,11-14,16H2. The lowest BCUT2D eigenvalue weighted by atomic mass is 9.87. The van der Waals surface area contributed by atoms with Crippen LogP contribution in [0.15, 0.2) is 71.3 Å². The fourth-order valence-corrected chi connectivity index (χ4v) is 3.66. The second kappa shape index (κ2) is 7.85. The van der Waals surface area contributed by atoms with Crippen molar-refractivity contribution in [2.45, 2.75) is 25.5 Å². The summed E-state index contributed by atoms with van der Waals surface area (Å²) in [6, 6.07) is 20.0. The summed E-state index contributed by atoms with van der Waals surface area (Å²) in [5, 5.41) is 10.6. The normalized spacial score (nSPS) is 17.3. The first-order valence-electron chi connectivity index (χ1n) is 9.25. The molecule has 1 saturated heterocycles. The van der Waals surface area contributed by atoms with E-state index >= 15 is 0 Å². The zero-order chi connectivity index (χ0) is 17.8. The molecule has 4 rings (SSSR count). The average molecular weight is 348 g/mol. The van der Waals surface area contributed by atoms with Crippen LogP contribution >= 0.6 is 0 Å². The van der Waals surface area contributed by atoms with E-state index in [0.717, 1.165) is 55.3 Å². The van der Waals surface area contributed by atoms with Gasteiger partial charge in [0.1, 0.15) is 0 Å². The molecule has 2 aromatic carbocycles. The lowest BCUT2D eigenvalue weighted by Gasteiger charge is -2.33. The highest BCUT2D eigenvalue weighted by Crippen LogP contribution is 2.31. The largest absolute Gasteiger partial charge is 0.439 e. The van der Waals surface area contributed by atoms with Crippen molar-refractivity contribution in [2.75, 3.05) is 13.1 Å². The maximum absolute atomic E-state index is 10.6. The number of benzene rings is 2. The first-order chi connectivity index (χ1) is 12.8. The second-order valence-electron chi connectivity index (χ2n) is 6.95. The van der Waals surface area contributed by atoms with Crippen LogP contribution in [0.1, 0.15) is 30.4 Å². The first-order valence-corrected chi connectivity index (χ1v) is 9.25. The van der Waals surface area contributed by atoms with Gasteiger partial charge in [0.05, 0.1) is 18.8 Å². The highest BCUT2D eigenvalue weighted by molar-refractivity contribution is 5.55. The van der Waals surface area contributed by atoms with E-state index in [1.54, 1.807) is 6.20 Å². The van der Waals surface area contributed by atoms with Gasteiger partial charge in [-0.1, -0.05) is 60.7 Å². The third-order valence-corrected chi connectivity index (χ3v) is 5.19. The van der Waals surface area contributed by atoms with Crippen molar-refractivity contribution in [1.82, 2.24) is 9.88 Å². The van der Waals surface area contributed by atoms with E-state index in [1.165, 1.54) is 0 Å². The maximum Gasteiger partial charge on any atom is 0.209 e. The van der Waals surface area contributed by atoms with Gasteiger partial charge < -0.3 is 9.52 Å². The summed E-state index contributed by atoms with van der Waals surface area (Å²) < 4.78 is 5.91. The predicted octanol–water partition coefficient (Wildman–Crippen LogP) is 4.29. The van der Waals surface area contributed by atoms with Crippen LogP contribution in [-0.2, 0) is 6.54 Å². The van der Waals surface area contributed by atoms with Crippen molar-refractivity contribution < 1.29 is 9.52 Å². The van der Waals surface area contributed by atoms with Crippen LogP contribution in [0.3, 0.4) is 0 Å². The van der Waals surface area contributed by atoms with Gasteiger partial charge in [0.15, 0.2) is 5.76 Å². The van der Waals surface area contributed by atoms with Gasteiger partial charge in [0.2, 0.25) is 5.89 Å². The van der Waals surface area contributed by atoms with Crippen molar-refractivity contribution in [3.05, 3.63) is 78.3 Å². The van der Waals surface area contributed by atoms with Crippen molar-refractivity contribution in [3.63, 3.8) is 0 Å². The molecule has 4 nitrogen and oxygen atoms in total. The van der Waals surface area contributed by atoms with Crippen LogP contribution < -0.4 is 0 Å². The average Bonchev–Trinajstić information content (AvgIpc) is 3.18. The Bertz CT molecular complexity index is 808. The molecule has 1 unspecified atom stereocenters. The minimum Gasteiger partial charge on any atom is -0.439 e. The molecular formula is C22H24N2O2. The molecule has 3 aromatic rings. The molecule has 1 aliphatic rings. The fourth-order valence-electron chi connectivity index (χ4n) is 3.66. The van der Waals surface area contributed by atoms with Crippen molar-refractivity contribution in [1.29, 1.82) is 0 Å². The summed E-state index contributed by atoms with van der Waals surface area (Å²) in [4.78, 5) is 6.79. The Hall–Kier alpha value is -2.43. The predicted molar refractivity (Wildman–Crippen MR) is 101 cm³/mol. The smallest absolute Gasteiger partial charge is 0.209 e. The number of aliphatic hydroxyl groups is 1. The zero-order valence-electron chi connectivity index (χ0n) is 14.8. The summed E-state index contributed by atoms with van der Waals surface area (Å²) in [6.45, 7) is 2.64. The highest BCUT2D eigenvalue weighted by Gasteiger charge is 2.26. The quantitative estimate of drug-likeness (QED) is 0.747. The number of oxazole rings is 1. The molecule has 1 aliphatic heterocycles. The van der Waals surface area contributed by atoms with Gasteiger partial charge in [0, 0.05) is 5.56 Å². The number of likely N-dealkylation sites (tertiary alicyclic amines) is 1. The number of aromatic nitrogens is 1. The van der Waals surface area contributed by atoms with Gasteiger partial charge in [-0.15, -0.1) is 0 Å². The number of hydrogen-bond acceptors (Lipinski definition) is 4. The Morgan fingerprint density at radius 1 is 1.00 bits per heavy atom. The van der Waals surface area contributed by atoms with Crippen molar-refractivity contribution >= 4 is 0 Å². The zero-order valence-corrected chi connectivity index (χ0v) is 14.8. The van der Waals surface area contributed by atoms with E-state index in [0.29, 0.717) is 5.92 Å². The summed E-state index contributed by atoms with van der Waals surface area (Å²) in [5.74, 6) is 1.89. The van der Waals surface area contributed by atoms with E-state index in [9.17, 15) is 5.11 Å². The third-order valence-electron chi connectivity index (χ3n) is 5.19. The van der Waals surface area contributed by atoms with Gasteiger partial charge in [0.25, 0.3) is 0 Å². The molecule has 134 valence electrons. The molecule has 1 aromatic heterocycles. The molecule has 0 amide bonds.